The van der Waals surface area contributed by atoms with Gasteiger partial charge in [0.15, 0.2) is 5.78 Å². The Labute approximate surface area is 139 Å². The Balaban J connectivity index is 1.76. The van der Waals surface area contributed by atoms with Gasteiger partial charge in [0.2, 0.25) is 0 Å². The number of amides is 1. The predicted molar refractivity (Wildman–Crippen MR) is 87.7 cm³/mol. The summed E-state index contributed by atoms with van der Waals surface area (Å²) in [5.74, 6) is -0.292. The van der Waals surface area contributed by atoms with Crippen molar-refractivity contribution in [3.8, 4) is 5.75 Å². The number of ketones is 1. The van der Waals surface area contributed by atoms with Crippen molar-refractivity contribution in [2.45, 2.75) is 32.4 Å². The molecule has 0 atom stereocenters. The van der Waals surface area contributed by atoms with Gasteiger partial charge in [-0.25, -0.2) is 4.39 Å². The largest absolute Gasteiger partial charge is 0.487 e. The van der Waals surface area contributed by atoms with Crippen LogP contribution in [-0.2, 0) is 6.54 Å². The van der Waals surface area contributed by atoms with E-state index >= 15 is 0 Å². The number of nitrogens with one attached hydrogen (secondary N) is 1. The fraction of sp³-hybridized carbons (Fsp3) is 0.263. The number of hydrogen-bond acceptors (Lipinski definition) is 3. The number of carbonyl (C=O) groups excluding carboxylic acids is 2. The second-order valence-corrected chi connectivity index (χ2v) is 6.45. The molecule has 0 bridgehead atoms. The SMILES string of the molecule is CC1(C)CC(=O)c2cc(C(=O)NCc3ccccc3F)ccc2O1. The highest BCUT2D eigenvalue weighted by Crippen LogP contribution is 2.33. The van der Waals surface area contributed by atoms with Gasteiger partial charge in [-0.3, -0.25) is 9.59 Å². The highest BCUT2D eigenvalue weighted by Gasteiger charge is 2.32. The van der Waals surface area contributed by atoms with Gasteiger partial charge in [0.05, 0.1) is 12.0 Å². The Kier molecular flexibility index (Phi) is 4.09. The summed E-state index contributed by atoms with van der Waals surface area (Å²) in [6.07, 6.45) is 0.264. The number of Topliss-reactive ketones (excluding diaryl/α,β-unsaturated/α-hetero) is 1. The number of rotatable bonds is 3. The van der Waals surface area contributed by atoms with Crippen molar-refractivity contribution in [3.63, 3.8) is 0 Å². The van der Waals surface area contributed by atoms with Gasteiger partial charge in [0.1, 0.15) is 17.2 Å². The molecule has 0 radical (unpaired) electrons. The van der Waals surface area contributed by atoms with Crippen LogP contribution in [0.4, 0.5) is 4.39 Å². The maximum atomic E-state index is 13.6. The number of ether oxygens (including phenoxy) is 1. The minimum Gasteiger partial charge on any atom is -0.487 e. The summed E-state index contributed by atoms with van der Waals surface area (Å²) in [7, 11) is 0. The molecule has 1 amide bonds. The van der Waals surface area contributed by atoms with E-state index < -0.39 is 5.60 Å². The highest BCUT2D eigenvalue weighted by molar-refractivity contribution is 6.03. The van der Waals surface area contributed by atoms with Crippen molar-refractivity contribution in [2.24, 2.45) is 0 Å². The van der Waals surface area contributed by atoms with Crippen molar-refractivity contribution in [1.82, 2.24) is 5.32 Å². The molecule has 1 N–H and O–H groups in total. The molecular weight excluding hydrogens is 309 g/mol. The summed E-state index contributed by atoms with van der Waals surface area (Å²) in [6.45, 7) is 3.78. The molecule has 4 nitrogen and oxygen atoms in total. The minimum absolute atomic E-state index is 0.0509. The molecule has 0 aromatic heterocycles. The van der Waals surface area contributed by atoms with Crippen LogP contribution < -0.4 is 10.1 Å². The van der Waals surface area contributed by atoms with Crippen LogP contribution in [-0.4, -0.2) is 17.3 Å². The summed E-state index contributed by atoms with van der Waals surface area (Å²) >= 11 is 0. The van der Waals surface area contributed by atoms with Crippen molar-refractivity contribution in [3.05, 3.63) is 65.0 Å². The second-order valence-electron chi connectivity index (χ2n) is 6.45. The average molecular weight is 327 g/mol. The molecule has 1 heterocycles. The third-order valence-electron chi connectivity index (χ3n) is 3.91. The maximum absolute atomic E-state index is 13.6. The van der Waals surface area contributed by atoms with Crippen LogP contribution in [0.15, 0.2) is 42.5 Å². The van der Waals surface area contributed by atoms with Crippen LogP contribution in [0.1, 0.15) is 46.5 Å². The fourth-order valence-electron chi connectivity index (χ4n) is 2.71. The molecule has 124 valence electrons. The molecule has 0 fully saturated rings. The molecule has 24 heavy (non-hydrogen) atoms. The van der Waals surface area contributed by atoms with Gasteiger partial charge in [-0.15, -0.1) is 0 Å². The zero-order valence-electron chi connectivity index (χ0n) is 13.6. The van der Waals surface area contributed by atoms with E-state index in [1.807, 2.05) is 13.8 Å². The van der Waals surface area contributed by atoms with Crippen LogP contribution in [0.3, 0.4) is 0 Å². The van der Waals surface area contributed by atoms with E-state index in [2.05, 4.69) is 5.32 Å². The summed E-state index contributed by atoms with van der Waals surface area (Å²) in [5.41, 5.74) is 0.623. The van der Waals surface area contributed by atoms with Crippen LogP contribution in [0.5, 0.6) is 5.75 Å². The third-order valence-corrected chi connectivity index (χ3v) is 3.91. The van der Waals surface area contributed by atoms with E-state index in [-0.39, 0.29) is 30.5 Å². The smallest absolute Gasteiger partial charge is 0.251 e. The monoisotopic (exact) mass is 327 g/mol. The average Bonchev–Trinajstić information content (AvgIpc) is 2.52. The van der Waals surface area contributed by atoms with Gasteiger partial charge in [0, 0.05) is 17.7 Å². The highest BCUT2D eigenvalue weighted by atomic mass is 19.1. The van der Waals surface area contributed by atoms with Crippen molar-refractivity contribution in [1.29, 1.82) is 0 Å². The molecule has 0 spiro atoms. The quantitative estimate of drug-likeness (QED) is 0.939. The van der Waals surface area contributed by atoms with Crippen LogP contribution >= 0.6 is 0 Å². The van der Waals surface area contributed by atoms with Gasteiger partial charge in [-0.05, 0) is 38.1 Å². The summed E-state index contributed by atoms with van der Waals surface area (Å²) in [6, 6.07) is 11.0. The van der Waals surface area contributed by atoms with E-state index in [0.717, 1.165) is 0 Å². The molecule has 0 aliphatic carbocycles. The lowest BCUT2D eigenvalue weighted by Crippen LogP contribution is -2.36. The Hall–Kier alpha value is -2.69. The number of hydrogen-bond donors (Lipinski definition) is 1. The Morgan fingerprint density at radius 1 is 1.25 bits per heavy atom. The van der Waals surface area contributed by atoms with Gasteiger partial charge >= 0.3 is 0 Å². The second kappa shape index (κ2) is 6.07. The van der Waals surface area contributed by atoms with Gasteiger partial charge in [-0.2, -0.15) is 0 Å². The van der Waals surface area contributed by atoms with E-state index in [1.165, 1.54) is 12.1 Å². The van der Waals surface area contributed by atoms with Crippen molar-refractivity contribution >= 4 is 11.7 Å². The van der Waals surface area contributed by atoms with Gasteiger partial charge in [-0.1, -0.05) is 18.2 Å². The zero-order chi connectivity index (χ0) is 17.3. The lowest BCUT2D eigenvalue weighted by Gasteiger charge is -2.31. The van der Waals surface area contributed by atoms with Crippen molar-refractivity contribution in [2.75, 3.05) is 0 Å². The first-order chi connectivity index (χ1) is 11.4. The lowest BCUT2D eigenvalue weighted by molar-refractivity contribution is 0.0620. The molecule has 3 rings (SSSR count). The van der Waals surface area contributed by atoms with E-state index in [0.29, 0.717) is 22.4 Å². The number of carbonyl (C=O) groups is 2. The number of halogens is 1. The fourth-order valence-corrected chi connectivity index (χ4v) is 2.71. The standard InChI is InChI=1S/C19H18FNO3/c1-19(2)10-16(22)14-9-12(7-8-17(14)24-19)18(23)21-11-13-5-3-4-6-15(13)20/h3-9H,10-11H2,1-2H3,(H,21,23). The minimum atomic E-state index is -0.543. The van der Waals surface area contributed by atoms with Crippen LogP contribution in [0, 0.1) is 5.82 Å². The lowest BCUT2D eigenvalue weighted by atomic mass is 9.92. The summed E-state index contributed by atoms with van der Waals surface area (Å²) in [4.78, 5) is 24.5. The van der Waals surface area contributed by atoms with Gasteiger partial charge < -0.3 is 10.1 Å². The topological polar surface area (TPSA) is 55.4 Å². The summed E-state index contributed by atoms with van der Waals surface area (Å²) < 4.78 is 19.3. The summed E-state index contributed by atoms with van der Waals surface area (Å²) in [5, 5.41) is 2.66. The molecule has 2 aromatic rings. The molecule has 2 aromatic carbocycles. The Morgan fingerprint density at radius 3 is 2.75 bits per heavy atom. The Bertz CT molecular complexity index is 814. The first kappa shape index (κ1) is 16.2. The molecule has 1 aliphatic rings. The molecule has 5 heteroatoms. The van der Waals surface area contributed by atoms with Gasteiger partial charge in [0.25, 0.3) is 5.91 Å². The molecule has 0 unspecified atom stereocenters. The normalized spacial score (nSPS) is 15.4. The molecular formula is C19H18FNO3. The first-order valence-corrected chi connectivity index (χ1v) is 7.74. The van der Waals surface area contributed by atoms with E-state index in [9.17, 15) is 14.0 Å². The zero-order valence-corrected chi connectivity index (χ0v) is 13.6. The number of benzene rings is 2. The van der Waals surface area contributed by atoms with E-state index in [4.69, 9.17) is 4.74 Å². The predicted octanol–water partition coefficient (Wildman–Crippen LogP) is 3.50. The molecule has 1 aliphatic heterocycles. The maximum Gasteiger partial charge on any atom is 0.251 e. The van der Waals surface area contributed by atoms with Crippen LogP contribution in [0.25, 0.3) is 0 Å². The number of fused-ring (bicyclic) bond motifs is 1. The van der Waals surface area contributed by atoms with Crippen molar-refractivity contribution < 1.29 is 18.7 Å². The Morgan fingerprint density at radius 2 is 2.00 bits per heavy atom. The van der Waals surface area contributed by atoms with Crippen LogP contribution in [0.2, 0.25) is 0 Å². The first-order valence-electron chi connectivity index (χ1n) is 7.74. The van der Waals surface area contributed by atoms with E-state index in [1.54, 1.807) is 30.3 Å². The molecule has 0 saturated heterocycles. The third kappa shape index (κ3) is 3.30. The molecule has 0 saturated carbocycles.